The van der Waals surface area contributed by atoms with Crippen molar-refractivity contribution in [2.75, 3.05) is 13.2 Å². The molecule has 4 nitrogen and oxygen atoms in total. The minimum absolute atomic E-state index is 0.0304. The largest absolute Gasteiger partial charge is 0.396 e. The number of benzene rings is 1. The number of hydrogen-bond donors (Lipinski definition) is 2. The van der Waals surface area contributed by atoms with E-state index >= 15 is 0 Å². The van der Waals surface area contributed by atoms with Gasteiger partial charge in [0, 0.05) is 39.8 Å². The number of carbonyl (C=O) groups is 1. The van der Waals surface area contributed by atoms with Gasteiger partial charge in [-0.2, -0.15) is 0 Å². The first-order valence-electron chi connectivity index (χ1n) is 8.06. The van der Waals surface area contributed by atoms with Gasteiger partial charge in [-0.1, -0.05) is 13.0 Å². The number of aliphatic hydroxyl groups is 2. The number of halogens is 2. The molecule has 1 aromatic carbocycles. The molecular weight excluding hydrogens is 436 g/mol. The predicted octanol–water partition coefficient (Wildman–Crippen LogP) is 3.37. The monoisotopic (exact) mass is 457 g/mol. The number of pyridine rings is 1. The molecule has 1 aromatic heterocycles. The molecule has 0 saturated carbocycles. The van der Waals surface area contributed by atoms with Crippen LogP contribution in [0.2, 0.25) is 0 Å². The molecule has 0 atom stereocenters. The van der Waals surface area contributed by atoms with Crippen molar-refractivity contribution in [2.24, 2.45) is 5.41 Å². The SMILES string of the molecule is CCC(CO)(CO)CC(=O)c1ccncc1Cc1ccc(I)cc1F. The second-order valence-electron chi connectivity index (χ2n) is 6.22. The average molecular weight is 457 g/mol. The summed E-state index contributed by atoms with van der Waals surface area (Å²) in [5, 5.41) is 19.1. The van der Waals surface area contributed by atoms with Crippen LogP contribution in [0.3, 0.4) is 0 Å². The second-order valence-corrected chi connectivity index (χ2v) is 7.46. The van der Waals surface area contributed by atoms with Gasteiger partial charge < -0.3 is 10.2 Å². The molecule has 2 rings (SSSR count). The molecule has 25 heavy (non-hydrogen) atoms. The maximum Gasteiger partial charge on any atom is 0.164 e. The summed E-state index contributed by atoms with van der Waals surface area (Å²) in [5.41, 5.74) is 0.737. The Bertz CT molecular complexity index is 739. The molecule has 0 amide bonds. The Balaban J connectivity index is 2.29. The van der Waals surface area contributed by atoms with Crippen molar-refractivity contribution in [3.05, 3.63) is 62.7 Å². The van der Waals surface area contributed by atoms with Crippen molar-refractivity contribution in [3.8, 4) is 0 Å². The molecule has 134 valence electrons. The lowest BCUT2D eigenvalue weighted by atomic mass is 9.80. The molecule has 1 heterocycles. The summed E-state index contributed by atoms with van der Waals surface area (Å²) in [6, 6.07) is 6.58. The number of aliphatic hydroxyl groups excluding tert-OH is 2. The highest BCUT2D eigenvalue weighted by Gasteiger charge is 2.30. The zero-order valence-electron chi connectivity index (χ0n) is 14.0. The molecule has 0 spiro atoms. The highest BCUT2D eigenvalue weighted by atomic mass is 127. The van der Waals surface area contributed by atoms with Crippen LogP contribution in [0.4, 0.5) is 4.39 Å². The van der Waals surface area contributed by atoms with Crippen LogP contribution < -0.4 is 0 Å². The van der Waals surface area contributed by atoms with Crippen molar-refractivity contribution in [3.63, 3.8) is 0 Å². The zero-order valence-corrected chi connectivity index (χ0v) is 16.2. The summed E-state index contributed by atoms with van der Waals surface area (Å²) in [6.45, 7) is 1.30. The number of nitrogens with zero attached hydrogens (tertiary/aromatic N) is 1. The van der Waals surface area contributed by atoms with Gasteiger partial charge in [-0.05, 0) is 58.3 Å². The van der Waals surface area contributed by atoms with Crippen molar-refractivity contribution in [1.29, 1.82) is 0 Å². The quantitative estimate of drug-likeness (QED) is 0.471. The summed E-state index contributed by atoms with van der Waals surface area (Å²) >= 11 is 2.04. The lowest BCUT2D eigenvalue weighted by Gasteiger charge is -2.27. The molecule has 0 fully saturated rings. The maximum atomic E-state index is 14.1. The van der Waals surface area contributed by atoms with Crippen LogP contribution in [0.15, 0.2) is 36.7 Å². The minimum Gasteiger partial charge on any atom is -0.396 e. The van der Waals surface area contributed by atoms with Crippen LogP contribution in [0.1, 0.15) is 41.3 Å². The Morgan fingerprint density at radius 3 is 2.56 bits per heavy atom. The second kappa shape index (κ2) is 8.82. The number of ketones is 1. The predicted molar refractivity (Wildman–Crippen MR) is 102 cm³/mol. The molecule has 0 bridgehead atoms. The van der Waals surface area contributed by atoms with Gasteiger partial charge >= 0.3 is 0 Å². The first kappa shape index (κ1) is 19.9. The molecule has 2 N–H and O–H groups in total. The van der Waals surface area contributed by atoms with E-state index < -0.39 is 5.41 Å². The highest BCUT2D eigenvalue weighted by molar-refractivity contribution is 14.1. The normalized spacial score (nSPS) is 11.6. The molecule has 0 aliphatic heterocycles. The fourth-order valence-electron chi connectivity index (χ4n) is 2.66. The maximum absolute atomic E-state index is 14.1. The Kier molecular flexibility index (Phi) is 7.04. The average Bonchev–Trinajstić information content (AvgIpc) is 2.62. The fraction of sp³-hybridized carbons (Fsp3) is 0.368. The Morgan fingerprint density at radius 2 is 1.96 bits per heavy atom. The molecule has 0 aliphatic carbocycles. The van der Waals surface area contributed by atoms with E-state index in [0.29, 0.717) is 23.1 Å². The van der Waals surface area contributed by atoms with Gasteiger partial charge in [0.2, 0.25) is 0 Å². The molecular formula is C19H21FINO3. The lowest BCUT2D eigenvalue weighted by Crippen LogP contribution is -2.32. The first-order chi connectivity index (χ1) is 11.9. The molecule has 0 saturated heterocycles. The van der Waals surface area contributed by atoms with Gasteiger partial charge in [-0.15, -0.1) is 0 Å². The number of rotatable bonds is 8. The van der Waals surface area contributed by atoms with Crippen molar-refractivity contribution < 1.29 is 19.4 Å². The number of aromatic nitrogens is 1. The third-order valence-corrected chi connectivity index (χ3v) is 5.23. The summed E-state index contributed by atoms with van der Waals surface area (Å²) in [4.78, 5) is 16.8. The van der Waals surface area contributed by atoms with E-state index in [-0.39, 0.29) is 37.7 Å². The molecule has 0 radical (unpaired) electrons. The smallest absolute Gasteiger partial charge is 0.164 e. The van der Waals surface area contributed by atoms with Crippen molar-refractivity contribution in [1.82, 2.24) is 4.98 Å². The van der Waals surface area contributed by atoms with E-state index in [2.05, 4.69) is 4.98 Å². The number of hydrogen-bond acceptors (Lipinski definition) is 4. The van der Waals surface area contributed by atoms with E-state index in [1.165, 1.54) is 12.3 Å². The van der Waals surface area contributed by atoms with Gasteiger partial charge in [0.05, 0.1) is 13.2 Å². The first-order valence-corrected chi connectivity index (χ1v) is 9.14. The fourth-order valence-corrected chi connectivity index (χ4v) is 3.11. The van der Waals surface area contributed by atoms with E-state index in [1.54, 1.807) is 18.3 Å². The molecule has 0 unspecified atom stereocenters. The van der Waals surface area contributed by atoms with Crippen LogP contribution >= 0.6 is 22.6 Å². The van der Waals surface area contributed by atoms with Gasteiger partial charge in [-0.3, -0.25) is 9.78 Å². The number of Topliss-reactive ketones (excluding diaryl/α,β-unsaturated/α-hetero) is 1. The minimum atomic E-state index is -0.842. The zero-order chi connectivity index (χ0) is 18.4. The number of carbonyl (C=O) groups excluding carboxylic acids is 1. The van der Waals surface area contributed by atoms with Crippen LogP contribution in [0.25, 0.3) is 0 Å². The Hall–Kier alpha value is -1.38. The topological polar surface area (TPSA) is 70.4 Å². The van der Waals surface area contributed by atoms with Gasteiger partial charge in [0.25, 0.3) is 0 Å². The van der Waals surface area contributed by atoms with Crippen LogP contribution in [0, 0.1) is 14.8 Å². The van der Waals surface area contributed by atoms with Crippen LogP contribution in [-0.2, 0) is 6.42 Å². The van der Waals surface area contributed by atoms with Gasteiger partial charge in [0.15, 0.2) is 5.78 Å². The Morgan fingerprint density at radius 1 is 1.24 bits per heavy atom. The van der Waals surface area contributed by atoms with E-state index in [0.717, 1.165) is 3.57 Å². The van der Waals surface area contributed by atoms with Crippen molar-refractivity contribution >= 4 is 28.4 Å². The van der Waals surface area contributed by atoms with Crippen molar-refractivity contribution in [2.45, 2.75) is 26.2 Å². The molecule has 6 heteroatoms. The third-order valence-electron chi connectivity index (χ3n) is 4.56. The van der Waals surface area contributed by atoms with Gasteiger partial charge in [-0.25, -0.2) is 4.39 Å². The summed E-state index contributed by atoms with van der Waals surface area (Å²) in [7, 11) is 0. The summed E-state index contributed by atoms with van der Waals surface area (Å²) < 4.78 is 14.9. The Labute approximate surface area is 160 Å². The van der Waals surface area contributed by atoms with Crippen LogP contribution in [0.5, 0.6) is 0 Å². The summed E-state index contributed by atoms with van der Waals surface area (Å²) in [5.74, 6) is -0.504. The van der Waals surface area contributed by atoms with E-state index in [1.807, 2.05) is 35.6 Å². The summed E-state index contributed by atoms with van der Waals surface area (Å²) in [6.07, 6.45) is 3.86. The standard InChI is InChI=1S/C19H21FINO3/c1-2-19(11-23,12-24)9-18(25)16-5-6-22-10-14(16)7-13-3-4-15(21)8-17(13)20/h3-6,8,10,23-24H,2,7,9,11-12H2,1H3. The van der Waals surface area contributed by atoms with E-state index in [4.69, 9.17) is 0 Å². The lowest BCUT2D eigenvalue weighted by molar-refractivity contribution is 0.0401. The van der Waals surface area contributed by atoms with Gasteiger partial charge in [0.1, 0.15) is 5.82 Å². The third kappa shape index (κ3) is 4.83. The van der Waals surface area contributed by atoms with E-state index in [9.17, 15) is 19.4 Å². The highest BCUT2D eigenvalue weighted by Crippen LogP contribution is 2.28. The van der Waals surface area contributed by atoms with Crippen LogP contribution in [-0.4, -0.2) is 34.2 Å². The molecule has 2 aromatic rings. The molecule has 0 aliphatic rings.